The van der Waals surface area contributed by atoms with Crippen molar-refractivity contribution in [3.63, 3.8) is 0 Å². The zero-order chi connectivity index (χ0) is 20.8. The lowest BCUT2D eigenvalue weighted by Crippen LogP contribution is -2.32. The second-order valence-electron chi connectivity index (χ2n) is 6.31. The number of thiazole rings is 1. The maximum atomic E-state index is 12.1. The Morgan fingerprint density at radius 2 is 1.97 bits per heavy atom. The van der Waals surface area contributed by atoms with E-state index in [4.69, 9.17) is 4.42 Å². The molecular formula is C20H20N4O4S. The summed E-state index contributed by atoms with van der Waals surface area (Å²) >= 11 is 1.25. The van der Waals surface area contributed by atoms with E-state index in [-0.39, 0.29) is 24.3 Å². The van der Waals surface area contributed by atoms with Gasteiger partial charge in [-0.25, -0.2) is 4.98 Å². The van der Waals surface area contributed by atoms with Crippen LogP contribution in [0.4, 0.5) is 5.13 Å². The molecule has 9 heteroatoms. The standard InChI is InChI=1S/C20H20N4O4S/c1-12-4-3-5-14(8-12)19(27)22-10-18(26)24-20-23-16(11-29-20)17-7-6-15(28-17)9-21-13(2)25/h3-8,11H,9-10H2,1-2H3,(H,21,25)(H,22,27)(H,23,24,26). The number of anilines is 1. The smallest absolute Gasteiger partial charge is 0.251 e. The highest BCUT2D eigenvalue weighted by Crippen LogP contribution is 2.26. The van der Waals surface area contributed by atoms with E-state index in [2.05, 4.69) is 20.9 Å². The molecule has 0 radical (unpaired) electrons. The Bertz CT molecular complexity index is 1040. The molecule has 3 rings (SSSR count). The first-order chi connectivity index (χ1) is 13.9. The largest absolute Gasteiger partial charge is 0.458 e. The van der Waals surface area contributed by atoms with Crippen LogP contribution in [0.3, 0.4) is 0 Å². The molecule has 0 fully saturated rings. The zero-order valence-electron chi connectivity index (χ0n) is 15.9. The second kappa shape index (κ2) is 9.16. The highest BCUT2D eigenvalue weighted by Gasteiger charge is 2.13. The van der Waals surface area contributed by atoms with E-state index in [1.807, 2.05) is 13.0 Å². The van der Waals surface area contributed by atoms with E-state index < -0.39 is 0 Å². The highest BCUT2D eigenvalue weighted by atomic mass is 32.1. The molecule has 3 amide bonds. The van der Waals surface area contributed by atoms with Gasteiger partial charge in [-0.1, -0.05) is 17.7 Å². The average Bonchev–Trinajstić information content (AvgIpc) is 3.33. The van der Waals surface area contributed by atoms with Gasteiger partial charge in [-0.3, -0.25) is 14.4 Å². The Balaban J connectivity index is 1.52. The summed E-state index contributed by atoms with van der Waals surface area (Å²) in [5, 5.41) is 10.0. The third-order valence-corrected chi connectivity index (χ3v) is 4.62. The fourth-order valence-electron chi connectivity index (χ4n) is 2.48. The van der Waals surface area contributed by atoms with Crippen molar-refractivity contribution < 1.29 is 18.8 Å². The maximum absolute atomic E-state index is 12.1. The van der Waals surface area contributed by atoms with E-state index >= 15 is 0 Å². The summed E-state index contributed by atoms with van der Waals surface area (Å²) in [5.41, 5.74) is 2.04. The van der Waals surface area contributed by atoms with Crippen LogP contribution in [-0.2, 0) is 16.1 Å². The summed E-state index contributed by atoms with van der Waals surface area (Å²) in [7, 11) is 0. The average molecular weight is 412 g/mol. The Kier molecular flexibility index (Phi) is 6.40. The van der Waals surface area contributed by atoms with Crippen LogP contribution >= 0.6 is 11.3 Å². The van der Waals surface area contributed by atoms with Crippen molar-refractivity contribution in [3.8, 4) is 11.5 Å². The molecule has 3 aromatic rings. The third-order valence-electron chi connectivity index (χ3n) is 3.87. The number of aromatic nitrogens is 1. The van der Waals surface area contributed by atoms with Crippen LogP contribution in [-0.4, -0.2) is 29.3 Å². The van der Waals surface area contributed by atoms with Gasteiger partial charge in [0, 0.05) is 17.9 Å². The molecule has 0 unspecified atom stereocenters. The van der Waals surface area contributed by atoms with Crippen molar-refractivity contribution in [1.29, 1.82) is 0 Å². The Morgan fingerprint density at radius 3 is 2.72 bits per heavy atom. The number of hydrogen-bond acceptors (Lipinski definition) is 6. The second-order valence-corrected chi connectivity index (χ2v) is 7.17. The first kappa shape index (κ1) is 20.3. The molecule has 3 N–H and O–H groups in total. The summed E-state index contributed by atoms with van der Waals surface area (Å²) in [6.07, 6.45) is 0. The molecule has 2 heterocycles. The first-order valence-corrected chi connectivity index (χ1v) is 9.72. The predicted molar refractivity (Wildman–Crippen MR) is 109 cm³/mol. The van der Waals surface area contributed by atoms with Gasteiger partial charge in [-0.2, -0.15) is 0 Å². The quantitative estimate of drug-likeness (QED) is 0.552. The number of hydrogen-bond donors (Lipinski definition) is 3. The van der Waals surface area contributed by atoms with Crippen LogP contribution in [0.25, 0.3) is 11.5 Å². The Morgan fingerprint density at radius 1 is 1.14 bits per heavy atom. The fraction of sp³-hybridized carbons (Fsp3) is 0.200. The first-order valence-electron chi connectivity index (χ1n) is 8.84. The minimum Gasteiger partial charge on any atom is -0.458 e. The van der Waals surface area contributed by atoms with Gasteiger partial charge in [-0.15, -0.1) is 11.3 Å². The number of nitrogens with one attached hydrogen (secondary N) is 3. The topological polar surface area (TPSA) is 113 Å². The molecule has 0 saturated heterocycles. The molecule has 0 bridgehead atoms. The fourth-order valence-corrected chi connectivity index (χ4v) is 3.19. The van der Waals surface area contributed by atoms with Crippen molar-refractivity contribution in [1.82, 2.24) is 15.6 Å². The summed E-state index contributed by atoms with van der Waals surface area (Å²) in [6.45, 7) is 3.46. The van der Waals surface area contributed by atoms with E-state index in [1.165, 1.54) is 18.3 Å². The number of furan rings is 1. The molecule has 0 atom stereocenters. The molecule has 1 aromatic carbocycles. The van der Waals surface area contributed by atoms with Crippen LogP contribution in [0.1, 0.15) is 28.6 Å². The summed E-state index contributed by atoms with van der Waals surface area (Å²) in [5.74, 6) is 0.308. The Labute approximate surface area is 171 Å². The van der Waals surface area contributed by atoms with Gasteiger partial charge in [0.1, 0.15) is 11.5 Å². The van der Waals surface area contributed by atoms with Gasteiger partial charge in [0.2, 0.25) is 11.8 Å². The third kappa shape index (κ3) is 5.76. The summed E-state index contributed by atoms with van der Waals surface area (Å²) in [4.78, 5) is 39.5. The summed E-state index contributed by atoms with van der Waals surface area (Å²) in [6, 6.07) is 10.6. The number of carbonyl (C=O) groups is 3. The van der Waals surface area contributed by atoms with Gasteiger partial charge in [0.25, 0.3) is 5.91 Å². The van der Waals surface area contributed by atoms with Gasteiger partial charge < -0.3 is 20.4 Å². The number of rotatable bonds is 7. The van der Waals surface area contributed by atoms with Crippen LogP contribution < -0.4 is 16.0 Å². The molecule has 150 valence electrons. The van der Waals surface area contributed by atoms with Crippen LogP contribution in [0.5, 0.6) is 0 Å². The molecular weight excluding hydrogens is 392 g/mol. The molecule has 0 aliphatic heterocycles. The summed E-state index contributed by atoms with van der Waals surface area (Å²) < 4.78 is 5.64. The molecule has 0 saturated carbocycles. The number of nitrogens with zero attached hydrogens (tertiary/aromatic N) is 1. The maximum Gasteiger partial charge on any atom is 0.251 e. The lowest BCUT2D eigenvalue weighted by molar-refractivity contribution is -0.119. The monoisotopic (exact) mass is 412 g/mol. The highest BCUT2D eigenvalue weighted by molar-refractivity contribution is 7.14. The minimum atomic E-state index is -0.377. The number of benzene rings is 1. The normalized spacial score (nSPS) is 10.4. The van der Waals surface area contributed by atoms with Crippen molar-refractivity contribution in [3.05, 3.63) is 58.7 Å². The van der Waals surface area contributed by atoms with Gasteiger partial charge in [0.05, 0.1) is 13.1 Å². The molecule has 0 aliphatic carbocycles. The van der Waals surface area contributed by atoms with E-state index in [9.17, 15) is 14.4 Å². The lowest BCUT2D eigenvalue weighted by atomic mass is 10.1. The van der Waals surface area contributed by atoms with Crippen LogP contribution in [0, 0.1) is 6.92 Å². The van der Waals surface area contributed by atoms with Crippen molar-refractivity contribution in [2.24, 2.45) is 0 Å². The van der Waals surface area contributed by atoms with Crippen molar-refractivity contribution >= 4 is 34.2 Å². The van der Waals surface area contributed by atoms with E-state index in [1.54, 1.807) is 35.7 Å². The van der Waals surface area contributed by atoms with Gasteiger partial charge >= 0.3 is 0 Å². The lowest BCUT2D eigenvalue weighted by Gasteiger charge is -2.05. The zero-order valence-corrected chi connectivity index (χ0v) is 16.8. The Hall–Kier alpha value is -3.46. The van der Waals surface area contributed by atoms with Crippen LogP contribution in [0.2, 0.25) is 0 Å². The van der Waals surface area contributed by atoms with E-state index in [0.717, 1.165) is 5.56 Å². The molecule has 29 heavy (non-hydrogen) atoms. The van der Waals surface area contributed by atoms with Gasteiger partial charge in [-0.05, 0) is 31.2 Å². The number of carbonyl (C=O) groups excluding carboxylic acids is 3. The van der Waals surface area contributed by atoms with Crippen LogP contribution in [0.15, 0.2) is 46.2 Å². The predicted octanol–water partition coefficient (Wildman–Crippen LogP) is 2.72. The molecule has 0 aliphatic rings. The van der Waals surface area contributed by atoms with Crippen molar-refractivity contribution in [2.45, 2.75) is 20.4 Å². The SMILES string of the molecule is CC(=O)NCc1ccc(-c2csc(NC(=O)CNC(=O)c3cccc(C)c3)n2)o1. The number of amides is 3. The van der Waals surface area contributed by atoms with Crippen molar-refractivity contribution in [2.75, 3.05) is 11.9 Å². The molecule has 8 nitrogen and oxygen atoms in total. The van der Waals surface area contributed by atoms with E-state index in [0.29, 0.717) is 34.5 Å². The van der Waals surface area contributed by atoms with Gasteiger partial charge in [0.15, 0.2) is 10.9 Å². The molecule has 0 spiro atoms. The molecule has 2 aromatic heterocycles. The number of aryl methyl sites for hydroxylation is 1. The minimum absolute atomic E-state index is 0.143.